The lowest BCUT2D eigenvalue weighted by molar-refractivity contribution is 0.0696. The minimum Gasteiger partial charge on any atom is -0.478 e. The molecule has 28 heavy (non-hydrogen) atoms. The van der Waals surface area contributed by atoms with Crippen LogP contribution in [0.3, 0.4) is 0 Å². The summed E-state index contributed by atoms with van der Waals surface area (Å²) in [6.07, 6.45) is 7.82. The van der Waals surface area contributed by atoms with Crippen molar-refractivity contribution >= 4 is 34.6 Å². The number of aromatic carboxylic acids is 1. The number of Topliss-reactive ketones (excluding diaryl/α,β-unsaturated/α-hetero) is 1. The van der Waals surface area contributed by atoms with E-state index in [1.54, 1.807) is 12.3 Å². The Balaban J connectivity index is 1.72. The van der Waals surface area contributed by atoms with Crippen LogP contribution < -0.4 is 5.32 Å². The fourth-order valence-corrected chi connectivity index (χ4v) is 3.70. The molecule has 0 amide bonds. The molecular formula is C20H21N5O3. The zero-order valence-electron chi connectivity index (χ0n) is 15.6. The minimum atomic E-state index is -1.03. The van der Waals surface area contributed by atoms with Crippen LogP contribution in [0.4, 0.5) is 11.8 Å². The lowest BCUT2D eigenvalue weighted by atomic mass is 10.2. The molecule has 0 aliphatic heterocycles. The highest BCUT2D eigenvalue weighted by Gasteiger charge is 2.25. The number of ketones is 1. The molecule has 0 saturated heterocycles. The number of nitrogens with zero attached hydrogens (tertiary/aromatic N) is 4. The van der Waals surface area contributed by atoms with E-state index in [1.165, 1.54) is 12.3 Å². The molecule has 0 atom stereocenters. The van der Waals surface area contributed by atoms with Gasteiger partial charge >= 0.3 is 5.97 Å². The highest BCUT2D eigenvalue weighted by atomic mass is 16.4. The molecule has 4 rings (SSSR count). The molecule has 0 radical (unpaired) electrons. The SMILES string of the molecule is CCC(=O)c1cc2cnc(Nc3ccc(C(=O)O)cn3)nc2n1C1CCCC1. The van der Waals surface area contributed by atoms with Gasteiger partial charge in [0.25, 0.3) is 0 Å². The molecule has 8 nitrogen and oxygen atoms in total. The third kappa shape index (κ3) is 3.33. The molecule has 3 aromatic heterocycles. The van der Waals surface area contributed by atoms with Crippen LogP contribution in [0.15, 0.2) is 30.6 Å². The maximum atomic E-state index is 12.5. The van der Waals surface area contributed by atoms with Crippen molar-refractivity contribution in [2.45, 2.75) is 45.1 Å². The van der Waals surface area contributed by atoms with Crippen molar-refractivity contribution in [3.8, 4) is 0 Å². The number of hydrogen-bond donors (Lipinski definition) is 2. The van der Waals surface area contributed by atoms with E-state index in [1.807, 2.05) is 13.0 Å². The first-order valence-corrected chi connectivity index (χ1v) is 9.44. The number of hydrogen-bond acceptors (Lipinski definition) is 6. The van der Waals surface area contributed by atoms with Gasteiger partial charge < -0.3 is 15.0 Å². The number of carbonyl (C=O) groups excluding carboxylic acids is 1. The summed E-state index contributed by atoms with van der Waals surface area (Å²) in [6.45, 7) is 1.87. The largest absolute Gasteiger partial charge is 0.478 e. The normalized spacial score (nSPS) is 14.5. The first-order chi connectivity index (χ1) is 13.6. The average Bonchev–Trinajstić information content (AvgIpc) is 3.34. The molecule has 0 aromatic carbocycles. The Bertz CT molecular complexity index is 1040. The Morgan fingerprint density at radius 2 is 2.00 bits per heavy atom. The fraction of sp³-hybridized carbons (Fsp3) is 0.350. The summed E-state index contributed by atoms with van der Waals surface area (Å²) < 4.78 is 2.07. The number of rotatable bonds is 6. The molecule has 2 N–H and O–H groups in total. The van der Waals surface area contributed by atoms with Crippen LogP contribution >= 0.6 is 0 Å². The van der Waals surface area contributed by atoms with Crippen LogP contribution in [0, 0.1) is 0 Å². The molecule has 1 aliphatic rings. The smallest absolute Gasteiger partial charge is 0.337 e. The van der Waals surface area contributed by atoms with E-state index in [2.05, 4.69) is 24.8 Å². The third-order valence-electron chi connectivity index (χ3n) is 5.12. The lowest BCUT2D eigenvalue weighted by Crippen LogP contribution is -2.13. The second-order valence-electron chi connectivity index (χ2n) is 6.95. The molecule has 1 aliphatic carbocycles. The van der Waals surface area contributed by atoms with E-state index in [9.17, 15) is 9.59 Å². The average molecular weight is 379 g/mol. The van der Waals surface area contributed by atoms with Gasteiger partial charge in [-0.3, -0.25) is 4.79 Å². The van der Waals surface area contributed by atoms with Gasteiger partial charge in [-0.25, -0.2) is 14.8 Å². The van der Waals surface area contributed by atoms with Crippen molar-refractivity contribution in [1.29, 1.82) is 0 Å². The van der Waals surface area contributed by atoms with Gasteiger partial charge in [0.05, 0.1) is 11.3 Å². The summed E-state index contributed by atoms with van der Waals surface area (Å²) in [5.41, 5.74) is 1.54. The third-order valence-corrected chi connectivity index (χ3v) is 5.12. The number of fused-ring (bicyclic) bond motifs is 1. The second-order valence-corrected chi connectivity index (χ2v) is 6.95. The van der Waals surface area contributed by atoms with Crippen LogP contribution in [-0.2, 0) is 0 Å². The number of carbonyl (C=O) groups is 2. The number of nitrogens with one attached hydrogen (secondary N) is 1. The quantitative estimate of drug-likeness (QED) is 0.623. The number of carboxylic acids is 1. The van der Waals surface area contributed by atoms with Crippen molar-refractivity contribution in [1.82, 2.24) is 19.5 Å². The molecule has 8 heteroatoms. The van der Waals surface area contributed by atoms with Crippen LogP contribution in [0.1, 0.15) is 65.9 Å². The molecule has 1 fully saturated rings. The van der Waals surface area contributed by atoms with Crippen molar-refractivity contribution in [2.24, 2.45) is 0 Å². The molecular weight excluding hydrogens is 358 g/mol. The van der Waals surface area contributed by atoms with E-state index >= 15 is 0 Å². The number of aromatic nitrogens is 4. The van der Waals surface area contributed by atoms with Crippen LogP contribution in [0.2, 0.25) is 0 Å². The number of anilines is 2. The maximum Gasteiger partial charge on any atom is 0.337 e. The Hall–Kier alpha value is -3.29. The summed E-state index contributed by atoms with van der Waals surface area (Å²) in [5.74, 6) is -0.117. The van der Waals surface area contributed by atoms with Gasteiger partial charge in [-0.2, -0.15) is 4.98 Å². The maximum absolute atomic E-state index is 12.5. The first kappa shape index (κ1) is 18.1. The van der Waals surface area contributed by atoms with Crippen molar-refractivity contribution in [2.75, 3.05) is 5.32 Å². The highest BCUT2D eigenvalue weighted by molar-refractivity contribution is 5.99. The Kier molecular flexibility index (Phi) is 4.77. The molecule has 3 aromatic rings. The van der Waals surface area contributed by atoms with Gasteiger partial charge in [0, 0.05) is 30.2 Å². The molecule has 3 heterocycles. The van der Waals surface area contributed by atoms with E-state index in [-0.39, 0.29) is 17.4 Å². The van der Waals surface area contributed by atoms with E-state index < -0.39 is 5.97 Å². The van der Waals surface area contributed by atoms with Crippen molar-refractivity contribution in [3.63, 3.8) is 0 Å². The van der Waals surface area contributed by atoms with Crippen molar-refractivity contribution < 1.29 is 14.7 Å². The van der Waals surface area contributed by atoms with E-state index in [4.69, 9.17) is 5.11 Å². The molecule has 144 valence electrons. The molecule has 1 saturated carbocycles. The summed E-state index contributed by atoms with van der Waals surface area (Å²) in [4.78, 5) is 36.5. The van der Waals surface area contributed by atoms with Crippen molar-refractivity contribution in [3.05, 3.63) is 41.9 Å². The minimum absolute atomic E-state index is 0.102. The van der Waals surface area contributed by atoms with Gasteiger partial charge in [0.2, 0.25) is 5.95 Å². The number of pyridine rings is 1. The van der Waals surface area contributed by atoms with Gasteiger partial charge in [-0.05, 0) is 31.0 Å². The van der Waals surface area contributed by atoms with Crippen LogP contribution in [0.25, 0.3) is 11.0 Å². The Morgan fingerprint density at radius 3 is 2.64 bits per heavy atom. The second kappa shape index (κ2) is 7.38. The standard InChI is InChI=1S/C20H21N5O3/c1-2-16(26)15-9-13-11-22-20(23-17-8-7-12(10-21-17)19(27)28)24-18(13)25(15)14-5-3-4-6-14/h7-11,14H,2-6H2,1H3,(H,27,28)(H,21,22,23,24). The molecule has 0 spiro atoms. The molecule has 0 unspecified atom stereocenters. The summed E-state index contributed by atoms with van der Waals surface area (Å²) in [7, 11) is 0. The summed E-state index contributed by atoms with van der Waals surface area (Å²) >= 11 is 0. The monoisotopic (exact) mass is 379 g/mol. The van der Waals surface area contributed by atoms with Crippen LogP contribution in [-0.4, -0.2) is 36.4 Å². The predicted octanol–water partition coefficient (Wildman–Crippen LogP) is 3.98. The zero-order valence-corrected chi connectivity index (χ0v) is 15.6. The first-order valence-electron chi connectivity index (χ1n) is 9.44. The van der Waals surface area contributed by atoms with Gasteiger partial charge in [0.1, 0.15) is 11.5 Å². The summed E-state index contributed by atoms with van der Waals surface area (Å²) in [6, 6.07) is 5.19. The Morgan fingerprint density at radius 1 is 1.21 bits per heavy atom. The van der Waals surface area contributed by atoms with E-state index in [0.29, 0.717) is 23.9 Å². The summed E-state index contributed by atoms with van der Waals surface area (Å²) in [5, 5.41) is 12.8. The van der Waals surface area contributed by atoms with Gasteiger partial charge in [-0.15, -0.1) is 0 Å². The fourth-order valence-electron chi connectivity index (χ4n) is 3.70. The Labute approximate surface area is 161 Å². The van der Waals surface area contributed by atoms with Gasteiger partial charge in [-0.1, -0.05) is 19.8 Å². The van der Waals surface area contributed by atoms with Crippen LogP contribution in [0.5, 0.6) is 0 Å². The highest BCUT2D eigenvalue weighted by Crippen LogP contribution is 2.34. The predicted molar refractivity (Wildman–Crippen MR) is 104 cm³/mol. The topological polar surface area (TPSA) is 110 Å². The molecule has 0 bridgehead atoms. The zero-order chi connectivity index (χ0) is 19.7. The van der Waals surface area contributed by atoms with Gasteiger partial charge in [0.15, 0.2) is 5.78 Å². The lowest BCUT2D eigenvalue weighted by Gasteiger charge is -2.16. The number of carboxylic acid groups (broad SMARTS) is 1. The van der Waals surface area contributed by atoms with E-state index in [0.717, 1.165) is 36.7 Å².